The molecule has 4 heteroatoms. The number of aryl methyl sites for hydroxylation is 2. The van der Waals surface area contributed by atoms with E-state index >= 15 is 0 Å². The minimum Gasteiger partial charge on any atom is -0.320 e. The van der Waals surface area contributed by atoms with Crippen molar-refractivity contribution in [2.24, 2.45) is 0 Å². The van der Waals surface area contributed by atoms with Gasteiger partial charge in [-0.05, 0) is 37.6 Å². The topological polar surface area (TPSA) is 56.6 Å². The van der Waals surface area contributed by atoms with Gasteiger partial charge in [-0.2, -0.15) is 5.26 Å². The lowest BCUT2D eigenvalue weighted by atomic mass is 10.00. The van der Waals surface area contributed by atoms with Crippen molar-refractivity contribution in [1.82, 2.24) is 4.98 Å². The Morgan fingerprint density at radius 2 is 1.82 bits per heavy atom. The molecule has 3 aromatic rings. The Bertz CT molecular complexity index is 927. The largest absolute Gasteiger partial charge is 0.320 e. The minimum atomic E-state index is -0.346. The molecule has 22 heavy (non-hydrogen) atoms. The van der Waals surface area contributed by atoms with Crippen LogP contribution in [-0.2, 0) is 0 Å². The number of aromatic nitrogens is 1. The predicted octanol–water partition coefficient (Wildman–Crippen LogP) is 4.26. The maximum atomic E-state index is 12.2. The molecule has 2 heterocycles. The number of hydrogen-bond acceptors (Lipinski definition) is 3. The maximum absolute atomic E-state index is 12.2. The molecule has 1 aromatic carbocycles. The van der Waals surface area contributed by atoms with Crippen LogP contribution in [0.3, 0.4) is 0 Å². The van der Waals surface area contributed by atoms with Crippen LogP contribution in [0.2, 0.25) is 0 Å². The Hall–Kier alpha value is -2.64. The van der Waals surface area contributed by atoms with Crippen LogP contribution in [-0.4, -0.2) is 4.98 Å². The van der Waals surface area contributed by atoms with Crippen LogP contribution in [0.15, 0.2) is 47.3 Å². The third-order valence-corrected chi connectivity index (χ3v) is 4.55. The van der Waals surface area contributed by atoms with Crippen molar-refractivity contribution in [2.75, 3.05) is 0 Å². The molecule has 0 aliphatic rings. The zero-order valence-corrected chi connectivity index (χ0v) is 13.1. The number of hydrogen-bond donors (Lipinski definition) is 1. The zero-order valence-electron chi connectivity index (χ0n) is 12.3. The molecule has 3 rings (SSSR count). The van der Waals surface area contributed by atoms with E-state index < -0.39 is 0 Å². The van der Waals surface area contributed by atoms with Gasteiger partial charge in [-0.3, -0.25) is 4.79 Å². The summed E-state index contributed by atoms with van der Waals surface area (Å²) in [5, 5.41) is 9.31. The lowest BCUT2D eigenvalue weighted by molar-refractivity contribution is 1.22. The van der Waals surface area contributed by atoms with Crippen LogP contribution in [0.25, 0.3) is 21.7 Å². The van der Waals surface area contributed by atoms with Gasteiger partial charge in [-0.25, -0.2) is 0 Å². The maximum Gasteiger partial charge on any atom is 0.266 e. The van der Waals surface area contributed by atoms with E-state index in [2.05, 4.69) is 4.98 Å². The Balaban J connectivity index is 2.24. The van der Waals surface area contributed by atoms with Crippen molar-refractivity contribution < 1.29 is 0 Å². The van der Waals surface area contributed by atoms with Gasteiger partial charge in [0.05, 0.1) is 10.6 Å². The molecule has 0 aliphatic carbocycles. The van der Waals surface area contributed by atoms with Gasteiger partial charge < -0.3 is 4.98 Å². The van der Waals surface area contributed by atoms with E-state index in [1.54, 1.807) is 11.3 Å². The van der Waals surface area contributed by atoms with Crippen molar-refractivity contribution in [3.05, 3.63) is 68.8 Å². The predicted molar refractivity (Wildman–Crippen MR) is 90.0 cm³/mol. The first-order valence-corrected chi connectivity index (χ1v) is 7.71. The average molecular weight is 306 g/mol. The monoisotopic (exact) mass is 306 g/mol. The van der Waals surface area contributed by atoms with Crippen LogP contribution in [0.5, 0.6) is 0 Å². The summed E-state index contributed by atoms with van der Waals surface area (Å²) in [7, 11) is 0. The second kappa shape index (κ2) is 5.63. The summed E-state index contributed by atoms with van der Waals surface area (Å²) < 4.78 is 0. The van der Waals surface area contributed by atoms with E-state index in [1.165, 1.54) is 4.88 Å². The number of nitriles is 1. The second-order valence-corrected chi connectivity index (χ2v) is 6.48. The van der Waals surface area contributed by atoms with E-state index in [1.807, 2.05) is 62.4 Å². The minimum absolute atomic E-state index is 0.154. The van der Waals surface area contributed by atoms with E-state index in [9.17, 15) is 10.1 Å². The van der Waals surface area contributed by atoms with Crippen LogP contribution < -0.4 is 5.56 Å². The van der Waals surface area contributed by atoms with Crippen molar-refractivity contribution in [3.8, 4) is 27.8 Å². The number of rotatable bonds is 2. The Morgan fingerprint density at radius 1 is 1.09 bits per heavy atom. The summed E-state index contributed by atoms with van der Waals surface area (Å²) in [6.07, 6.45) is 0. The van der Waals surface area contributed by atoms with Crippen LogP contribution in [0.4, 0.5) is 0 Å². The molecule has 0 fully saturated rings. The molecule has 0 bridgehead atoms. The zero-order chi connectivity index (χ0) is 15.7. The summed E-state index contributed by atoms with van der Waals surface area (Å²) in [6, 6.07) is 15.7. The van der Waals surface area contributed by atoms with Gasteiger partial charge in [0.1, 0.15) is 11.6 Å². The second-order valence-electron chi connectivity index (χ2n) is 5.19. The van der Waals surface area contributed by atoms with Crippen molar-refractivity contribution in [3.63, 3.8) is 0 Å². The summed E-state index contributed by atoms with van der Waals surface area (Å²) in [5.74, 6) is 0. The molecule has 2 aromatic heterocycles. The number of benzene rings is 1. The van der Waals surface area contributed by atoms with Crippen LogP contribution in [0, 0.1) is 25.2 Å². The molecule has 0 amide bonds. The highest BCUT2D eigenvalue weighted by Gasteiger charge is 2.13. The van der Waals surface area contributed by atoms with Gasteiger partial charge >= 0.3 is 0 Å². The van der Waals surface area contributed by atoms with Crippen LogP contribution >= 0.6 is 11.3 Å². The first-order chi connectivity index (χ1) is 10.6. The van der Waals surface area contributed by atoms with Crippen molar-refractivity contribution in [1.29, 1.82) is 5.26 Å². The first kappa shape index (κ1) is 14.3. The smallest absolute Gasteiger partial charge is 0.266 e. The molecule has 0 saturated heterocycles. The lowest BCUT2D eigenvalue weighted by Crippen LogP contribution is -2.12. The van der Waals surface area contributed by atoms with Crippen molar-refractivity contribution >= 4 is 11.3 Å². The Labute approximate surface area is 132 Å². The summed E-state index contributed by atoms with van der Waals surface area (Å²) >= 11 is 1.62. The molecule has 0 saturated carbocycles. The molecule has 0 radical (unpaired) electrons. The number of thiophene rings is 1. The fourth-order valence-electron chi connectivity index (χ4n) is 2.34. The average Bonchev–Trinajstić information content (AvgIpc) is 2.94. The third-order valence-electron chi connectivity index (χ3n) is 3.51. The third kappa shape index (κ3) is 2.59. The number of aromatic amines is 1. The summed E-state index contributed by atoms with van der Waals surface area (Å²) in [6.45, 7) is 4.03. The fraction of sp³-hybridized carbons (Fsp3) is 0.111. The quantitative estimate of drug-likeness (QED) is 0.769. The first-order valence-electron chi connectivity index (χ1n) is 6.90. The van der Waals surface area contributed by atoms with Gasteiger partial charge in [0.15, 0.2) is 0 Å². The molecule has 0 aliphatic heterocycles. The molecule has 3 nitrogen and oxygen atoms in total. The molecule has 0 atom stereocenters. The number of H-pyrrole nitrogens is 1. The number of nitrogens with one attached hydrogen (secondary N) is 1. The van der Waals surface area contributed by atoms with Gasteiger partial charge in [-0.1, -0.05) is 29.8 Å². The summed E-state index contributed by atoms with van der Waals surface area (Å²) in [4.78, 5) is 17.2. The standard InChI is InChI=1S/C18H14N2OS/c1-11-3-6-13(7-4-11)14-9-16(17-8-5-12(2)22-17)20-18(21)15(14)10-19/h3-9H,1-2H3,(H,20,21). The van der Waals surface area contributed by atoms with E-state index in [4.69, 9.17) is 0 Å². The highest BCUT2D eigenvalue weighted by molar-refractivity contribution is 7.15. The van der Waals surface area contributed by atoms with E-state index in [-0.39, 0.29) is 11.1 Å². The fourth-order valence-corrected chi connectivity index (χ4v) is 3.18. The Kier molecular flexibility index (Phi) is 3.66. The van der Waals surface area contributed by atoms with Gasteiger partial charge in [0.25, 0.3) is 5.56 Å². The molecular formula is C18H14N2OS. The normalized spacial score (nSPS) is 10.4. The van der Waals surface area contributed by atoms with Crippen molar-refractivity contribution in [2.45, 2.75) is 13.8 Å². The Morgan fingerprint density at radius 3 is 2.41 bits per heavy atom. The van der Waals surface area contributed by atoms with Gasteiger partial charge in [0, 0.05) is 10.4 Å². The molecule has 0 spiro atoms. The molecule has 0 unspecified atom stereocenters. The highest BCUT2D eigenvalue weighted by Crippen LogP contribution is 2.30. The number of pyridine rings is 1. The summed E-state index contributed by atoms with van der Waals surface area (Å²) in [5.41, 5.74) is 3.25. The van der Waals surface area contributed by atoms with E-state index in [0.717, 1.165) is 21.7 Å². The molecule has 1 N–H and O–H groups in total. The molecular weight excluding hydrogens is 292 g/mol. The molecule has 108 valence electrons. The van der Waals surface area contributed by atoms with Gasteiger partial charge in [-0.15, -0.1) is 11.3 Å². The van der Waals surface area contributed by atoms with Gasteiger partial charge in [0.2, 0.25) is 0 Å². The number of nitrogens with zero attached hydrogens (tertiary/aromatic N) is 1. The van der Waals surface area contributed by atoms with E-state index in [0.29, 0.717) is 5.56 Å². The van der Waals surface area contributed by atoms with Crippen LogP contribution in [0.1, 0.15) is 16.0 Å². The SMILES string of the molecule is Cc1ccc(-c2cc(-c3ccc(C)s3)[nH]c(=O)c2C#N)cc1. The highest BCUT2D eigenvalue weighted by atomic mass is 32.1. The lowest BCUT2D eigenvalue weighted by Gasteiger charge is -2.07.